The lowest BCUT2D eigenvalue weighted by atomic mass is 10.1. The molecule has 0 aliphatic carbocycles. The Morgan fingerprint density at radius 3 is 2.38 bits per heavy atom. The second-order valence-electron chi connectivity index (χ2n) is 6.51. The van der Waals surface area contributed by atoms with Crippen LogP contribution in [-0.2, 0) is 6.18 Å². The average molecular weight is 465 g/mol. The van der Waals surface area contributed by atoms with Crippen molar-refractivity contribution in [2.75, 3.05) is 12.4 Å². The van der Waals surface area contributed by atoms with Crippen LogP contribution >= 0.6 is 11.6 Å². The lowest BCUT2D eigenvalue weighted by Crippen LogP contribution is -2.16. The smallest absolute Gasteiger partial charge is 0.416 e. The maximum atomic E-state index is 13.3. The molecule has 0 atom stereocenters. The molecule has 0 fully saturated rings. The first-order chi connectivity index (χ1) is 15.1. The first-order valence-electron chi connectivity index (χ1n) is 9.02. The Morgan fingerprint density at radius 2 is 1.72 bits per heavy atom. The monoisotopic (exact) mass is 464 g/mol. The van der Waals surface area contributed by atoms with Gasteiger partial charge >= 0.3 is 6.18 Å². The fraction of sp³-hybridized carbons (Fsp3) is 0.0909. The molecule has 0 bridgehead atoms. The van der Waals surface area contributed by atoms with E-state index in [4.69, 9.17) is 26.8 Å². The van der Waals surface area contributed by atoms with Gasteiger partial charge in [-0.05, 0) is 48.5 Å². The highest BCUT2D eigenvalue weighted by Crippen LogP contribution is 2.38. The Bertz CT molecular complexity index is 1180. The van der Waals surface area contributed by atoms with E-state index in [-0.39, 0.29) is 34.1 Å². The fourth-order valence-corrected chi connectivity index (χ4v) is 2.93. The number of carbonyl (C=O) groups excluding carboxylic acids is 2. The minimum absolute atomic E-state index is 0.0565. The quantitative estimate of drug-likeness (QED) is 0.503. The molecular formula is C22H16ClF3N2O4. The van der Waals surface area contributed by atoms with Crippen LogP contribution < -0.4 is 20.5 Å². The molecule has 2 amide bonds. The minimum Gasteiger partial charge on any atom is -0.493 e. The van der Waals surface area contributed by atoms with Crippen LogP contribution in [0.25, 0.3) is 0 Å². The summed E-state index contributed by atoms with van der Waals surface area (Å²) in [6.07, 6.45) is -4.66. The average Bonchev–Trinajstić information content (AvgIpc) is 2.74. The van der Waals surface area contributed by atoms with E-state index in [9.17, 15) is 22.8 Å². The van der Waals surface area contributed by atoms with Gasteiger partial charge in [-0.1, -0.05) is 17.7 Å². The second kappa shape index (κ2) is 9.19. The Morgan fingerprint density at radius 1 is 0.969 bits per heavy atom. The predicted octanol–water partition coefficient (Wildman–Crippen LogP) is 5.51. The third kappa shape index (κ3) is 5.30. The van der Waals surface area contributed by atoms with Crippen molar-refractivity contribution in [1.82, 2.24) is 0 Å². The number of hydrogen-bond acceptors (Lipinski definition) is 4. The van der Waals surface area contributed by atoms with E-state index in [2.05, 4.69) is 5.32 Å². The maximum Gasteiger partial charge on any atom is 0.416 e. The molecule has 3 aromatic carbocycles. The van der Waals surface area contributed by atoms with E-state index >= 15 is 0 Å². The highest BCUT2D eigenvalue weighted by molar-refractivity contribution is 6.30. The zero-order valence-corrected chi connectivity index (χ0v) is 17.3. The number of hydrogen-bond donors (Lipinski definition) is 2. The third-order valence-corrected chi connectivity index (χ3v) is 4.54. The van der Waals surface area contributed by atoms with Gasteiger partial charge in [0, 0.05) is 22.3 Å². The number of benzene rings is 3. The van der Waals surface area contributed by atoms with E-state index in [1.807, 2.05) is 0 Å². The van der Waals surface area contributed by atoms with Crippen LogP contribution in [0, 0.1) is 0 Å². The SMILES string of the molecule is COc1cc(Cl)ccc1Oc1cc(C(F)(F)F)ccc1C(=O)Nc1cccc(C(N)=O)c1. The summed E-state index contributed by atoms with van der Waals surface area (Å²) in [6, 6.07) is 12.5. The van der Waals surface area contributed by atoms with Crippen LogP contribution in [0.5, 0.6) is 17.2 Å². The summed E-state index contributed by atoms with van der Waals surface area (Å²) < 4.78 is 50.6. The van der Waals surface area contributed by atoms with E-state index < -0.39 is 23.6 Å². The van der Waals surface area contributed by atoms with Crippen molar-refractivity contribution in [3.8, 4) is 17.2 Å². The molecule has 3 rings (SSSR count). The topological polar surface area (TPSA) is 90.7 Å². The van der Waals surface area contributed by atoms with Crippen LogP contribution in [0.4, 0.5) is 18.9 Å². The number of halogens is 4. The standard InChI is InChI=1S/C22H16ClF3N2O4/c1-31-19-11-14(23)6-8-17(19)32-18-10-13(22(24,25)26)5-7-16(18)21(30)28-15-4-2-3-12(9-15)20(27)29/h2-11H,1H3,(H2,27,29)(H,28,30). The number of amides is 2. The number of methoxy groups -OCH3 is 1. The molecular weight excluding hydrogens is 449 g/mol. The first-order valence-corrected chi connectivity index (χ1v) is 9.40. The first kappa shape index (κ1) is 23.0. The largest absolute Gasteiger partial charge is 0.493 e. The third-order valence-electron chi connectivity index (χ3n) is 4.30. The Balaban J connectivity index is 2.01. The minimum atomic E-state index is -4.66. The number of alkyl halides is 3. The Hall–Kier alpha value is -3.72. The van der Waals surface area contributed by atoms with Gasteiger partial charge in [-0.15, -0.1) is 0 Å². The summed E-state index contributed by atoms with van der Waals surface area (Å²) in [7, 11) is 1.34. The molecule has 10 heteroatoms. The number of nitrogens with one attached hydrogen (secondary N) is 1. The molecule has 3 aromatic rings. The van der Waals surface area contributed by atoms with Gasteiger partial charge in [-0.25, -0.2) is 0 Å². The number of ether oxygens (including phenoxy) is 2. The zero-order chi connectivity index (χ0) is 23.5. The number of carbonyl (C=O) groups is 2. The molecule has 32 heavy (non-hydrogen) atoms. The molecule has 0 aliphatic heterocycles. The van der Waals surface area contributed by atoms with Crippen LogP contribution in [0.3, 0.4) is 0 Å². The summed E-state index contributed by atoms with van der Waals surface area (Å²) in [5.41, 5.74) is 4.42. The van der Waals surface area contributed by atoms with Gasteiger partial charge < -0.3 is 20.5 Å². The van der Waals surface area contributed by atoms with Crippen molar-refractivity contribution in [1.29, 1.82) is 0 Å². The zero-order valence-electron chi connectivity index (χ0n) is 16.5. The summed E-state index contributed by atoms with van der Waals surface area (Å²) in [4.78, 5) is 24.2. The van der Waals surface area contributed by atoms with Crippen molar-refractivity contribution in [3.05, 3.63) is 82.4 Å². The Labute approximate surface area is 185 Å². The van der Waals surface area contributed by atoms with Crippen LogP contribution in [0.1, 0.15) is 26.3 Å². The molecule has 0 spiro atoms. The molecule has 0 unspecified atom stereocenters. The molecule has 0 heterocycles. The lowest BCUT2D eigenvalue weighted by molar-refractivity contribution is -0.137. The number of primary amides is 1. The molecule has 0 saturated carbocycles. The molecule has 166 valence electrons. The summed E-state index contributed by atoms with van der Waals surface area (Å²) in [6.45, 7) is 0. The van der Waals surface area contributed by atoms with E-state index in [1.165, 1.54) is 49.6 Å². The van der Waals surface area contributed by atoms with Crippen molar-refractivity contribution in [2.45, 2.75) is 6.18 Å². The second-order valence-corrected chi connectivity index (χ2v) is 6.94. The number of anilines is 1. The van der Waals surface area contributed by atoms with Gasteiger partial charge in [0.2, 0.25) is 5.91 Å². The van der Waals surface area contributed by atoms with E-state index in [0.29, 0.717) is 11.1 Å². The molecule has 0 saturated heterocycles. The fourth-order valence-electron chi connectivity index (χ4n) is 2.76. The summed E-state index contributed by atoms with van der Waals surface area (Å²) >= 11 is 5.91. The van der Waals surface area contributed by atoms with Crippen LogP contribution in [-0.4, -0.2) is 18.9 Å². The van der Waals surface area contributed by atoms with E-state index in [0.717, 1.165) is 12.1 Å². The highest BCUT2D eigenvalue weighted by Gasteiger charge is 2.32. The van der Waals surface area contributed by atoms with Crippen molar-refractivity contribution >= 4 is 29.1 Å². The van der Waals surface area contributed by atoms with Crippen LogP contribution in [0.15, 0.2) is 60.7 Å². The van der Waals surface area contributed by atoms with Gasteiger partial charge in [-0.2, -0.15) is 13.2 Å². The summed E-state index contributed by atoms with van der Waals surface area (Å²) in [5, 5.41) is 2.84. The van der Waals surface area contributed by atoms with Crippen molar-refractivity contribution in [2.24, 2.45) is 5.73 Å². The van der Waals surface area contributed by atoms with Crippen LogP contribution in [0.2, 0.25) is 5.02 Å². The normalized spacial score (nSPS) is 11.0. The predicted molar refractivity (Wildman–Crippen MR) is 112 cm³/mol. The van der Waals surface area contributed by atoms with E-state index in [1.54, 1.807) is 0 Å². The number of rotatable bonds is 6. The van der Waals surface area contributed by atoms with Gasteiger partial charge in [-0.3, -0.25) is 9.59 Å². The molecule has 0 radical (unpaired) electrons. The molecule has 3 N–H and O–H groups in total. The summed E-state index contributed by atoms with van der Waals surface area (Å²) in [5.74, 6) is -1.60. The van der Waals surface area contributed by atoms with Gasteiger partial charge in [0.05, 0.1) is 18.2 Å². The lowest BCUT2D eigenvalue weighted by Gasteiger charge is -2.16. The molecule has 6 nitrogen and oxygen atoms in total. The Kier molecular flexibility index (Phi) is 6.59. The molecule has 0 aromatic heterocycles. The number of nitrogens with two attached hydrogens (primary N) is 1. The maximum absolute atomic E-state index is 13.3. The van der Waals surface area contributed by atoms with Gasteiger partial charge in [0.1, 0.15) is 5.75 Å². The highest BCUT2D eigenvalue weighted by atomic mass is 35.5. The molecule has 0 aliphatic rings. The van der Waals surface area contributed by atoms with Gasteiger partial charge in [0.25, 0.3) is 5.91 Å². The van der Waals surface area contributed by atoms with Crippen molar-refractivity contribution in [3.63, 3.8) is 0 Å². The van der Waals surface area contributed by atoms with Crippen molar-refractivity contribution < 1.29 is 32.2 Å². The van der Waals surface area contributed by atoms with Gasteiger partial charge in [0.15, 0.2) is 11.5 Å².